The molecule has 9 heteroatoms. The molecule has 0 aromatic heterocycles. The Hall–Kier alpha value is -1.55. The number of allylic oxidation sites excluding steroid dienone is 2. The van der Waals surface area contributed by atoms with Crippen LogP contribution < -0.4 is 0 Å². The quantitative estimate of drug-likeness (QED) is 0.667. The number of amidine groups is 1. The van der Waals surface area contributed by atoms with Crippen LogP contribution >= 0.6 is 11.8 Å². The highest BCUT2D eigenvalue weighted by Crippen LogP contribution is 2.29. The number of hydrogen-bond donors (Lipinski definition) is 0. The van der Waals surface area contributed by atoms with Gasteiger partial charge in [0.05, 0.1) is 31.3 Å². The Kier molecular flexibility index (Phi) is 6.56. The van der Waals surface area contributed by atoms with Gasteiger partial charge >= 0.3 is 0 Å². The summed E-state index contributed by atoms with van der Waals surface area (Å²) in [6.07, 6.45) is 4.61. The molecule has 0 radical (unpaired) electrons. The second-order valence-electron chi connectivity index (χ2n) is 6.91. The van der Waals surface area contributed by atoms with Gasteiger partial charge in [-0.1, -0.05) is 0 Å². The van der Waals surface area contributed by atoms with Crippen LogP contribution in [0.1, 0.15) is 12.8 Å². The molecular formula is C19H23FN2O5S. The first-order valence-corrected chi connectivity index (χ1v) is 10.5. The van der Waals surface area contributed by atoms with Gasteiger partial charge in [-0.15, -0.1) is 0 Å². The Morgan fingerprint density at radius 3 is 2.79 bits per heavy atom. The van der Waals surface area contributed by atoms with Crippen molar-refractivity contribution in [3.8, 4) is 0 Å². The molecule has 2 saturated heterocycles. The zero-order valence-electron chi connectivity index (χ0n) is 15.5. The topological polar surface area (TPSA) is 78.7 Å². The molecule has 0 aromatic rings. The summed E-state index contributed by atoms with van der Waals surface area (Å²) in [6, 6.07) is 0. The highest BCUT2D eigenvalue weighted by molar-refractivity contribution is 8.00. The van der Waals surface area contributed by atoms with Crippen LogP contribution in [0.25, 0.3) is 0 Å². The summed E-state index contributed by atoms with van der Waals surface area (Å²) in [5.74, 6) is -0.884. The van der Waals surface area contributed by atoms with Crippen molar-refractivity contribution in [3.63, 3.8) is 0 Å². The van der Waals surface area contributed by atoms with E-state index < -0.39 is 17.7 Å². The summed E-state index contributed by atoms with van der Waals surface area (Å²) in [6.45, 7) is 3.31. The molecule has 152 valence electrons. The van der Waals surface area contributed by atoms with E-state index in [2.05, 4.69) is 9.98 Å². The first-order chi connectivity index (χ1) is 13.7. The fourth-order valence-corrected chi connectivity index (χ4v) is 4.38. The van der Waals surface area contributed by atoms with Crippen molar-refractivity contribution in [1.29, 1.82) is 0 Å². The van der Waals surface area contributed by atoms with Crippen LogP contribution in [0.4, 0.5) is 4.39 Å². The molecule has 0 spiro atoms. The number of ether oxygens (including phenoxy) is 4. The van der Waals surface area contributed by atoms with Crippen LogP contribution in [0.3, 0.4) is 0 Å². The normalized spacial score (nSPS) is 28.7. The van der Waals surface area contributed by atoms with E-state index in [1.807, 2.05) is 0 Å². The lowest BCUT2D eigenvalue weighted by Crippen LogP contribution is -2.33. The molecule has 0 bridgehead atoms. The van der Waals surface area contributed by atoms with Crippen molar-refractivity contribution >= 4 is 29.2 Å². The molecule has 28 heavy (non-hydrogen) atoms. The molecule has 3 aliphatic heterocycles. The Balaban J connectivity index is 1.39. The van der Waals surface area contributed by atoms with E-state index in [0.29, 0.717) is 48.1 Å². The summed E-state index contributed by atoms with van der Waals surface area (Å²) in [4.78, 5) is 20.8. The van der Waals surface area contributed by atoms with Crippen LogP contribution in [-0.2, 0) is 23.7 Å². The molecule has 3 heterocycles. The zero-order chi connectivity index (χ0) is 19.3. The van der Waals surface area contributed by atoms with Crippen molar-refractivity contribution in [3.05, 3.63) is 23.7 Å². The van der Waals surface area contributed by atoms with Crippen LogP contribution in [-0.4, -0.2) is 74.2 Å². The second kappa shape index (κ2) is 9.30. The first-order valence-electron chi connectivity index (χ1n) is 9.49. The van der Waals surface area contributed by atoms with Gasteiger partial charge in [-0.25, -0.2) is 9.38 Å². The molecule has 2 fully saturated rings. The fourth-order valence-electron chi connectivity index (χ4n) is 3.34. The molecule has 7 nitrogen and oxygen atoms in total. The van der Waals surface area contributed by atoms with Gasteiger partial charge in [-0.2, -0.15) is 16.8 Å². The lowest BCUT2D eigenvalue weighted by Gasteiger charge is -2.25. The second-order valence-corrected chi connectivity index (χ2v) is 8.20. The molecule has 4 rings (SSSR count). The fraction of sp³-hybridized carbons (Fsp3) is 0.632. The van der Waals surface area contributed by atoms with Crippen LogP contribution in [0, 0.1) is 5.92 Å². The van der Waals surface area contributed by atoms with Crippen molar-refractivity contribution in [2.45, 2.75) is 24.2 Å². The third-order valence-electron chi connectivity index (χ3n) is 4.82. The van der Waals surface area contributed by atoms with Crippen molar-refractivity contribution in [2.24, 2.45) is 15.9 Å². The average molecular weight is 410 g/mol. The van der Waals surface area contributed by atoms with E-state index in [9.17, 15) is 9.18 Å². The maximum atomic E-state index is 14.5. The largest absolute Gasteiger partial charge is 0.491 e. The molecule has 2 atom stereocenters. The number of amides is 1. The van der Waals surface area contributed by atoms with Crippen LogP contribution in [0.2, 0.25) is 0 Å². The number of carbonyl (C=O) groups is 1. The van der Waals surface area contributed by atoms with E-state index >= 15 is 0 Å². The van der Waals surface area contributed by atoms with Crippen molar-refractivity contribution in [2.75, 3.05) is 45.4 Å². The van der Waals surface area contributed by atoms with E-state index in [-0.39, 0.29) is 12.7 Å². The average Bonchev–Trinajstić information content (AvgIpc) is 2.72. The summed E-state index contributed by atoms with van der Waals surface area (Å²) in [5, 5.41) is 0.472. The van der Waals surface area contributed by atoms with Crippen molar-refractivity contribution < 1.29 is 28.1 Å². The number of carbonyl (C=O) groups excluding carboxylic acids is 1. The number of aliphatic imine (C=N–C) groups is 2. The SMILES string of the molecule is O=C1N=C(CSC2CCOCC2)N=C2C=C(OCC3COCCO3)C=C(F)C12. The molecule has 0 N–H and O–H groups in total. The predicted molar refractivity (Wildman–Crippen MR) is 103 cm³/mol. The molecule has 1 amide bonds. The van der Waals surface area contributed by atoms with E-state index in [1.54, 1.807) is 17.8 Å². The highest BCUT2D eigenvalue weighted by Gasteiger charge is 2.35. The van der Waals surface area contributed by atoms with Gasteiger partial charge in [0.2, 0.25) is 0 Å². The third kappa shape index (κ3) is 4.89. The number of rotatable bonds is 6. The minimum Gasteiger partial charge on any atom is -0.491 e. The number of hydrogen-bond acceptors (Lipinski definition) is 7. The van der Waals surface area contributed by atoms with Gasteiger partial charge in [-0.3, -0.25) is 4.79 Å². The Bertz CT molecular complexity index is 724. The maximum Gasteiger partial charge on any atom is 0.263 e. The summed E-state index contributed by atoms with van der Waals surface area (Å²) < 4.78 is 36.3. The smallest absolute Gasteiger partial charge is 0.263 e. The molecule has 2 unspecified atom stereocenters. The monoisotopic (exact) mass is 410 g/mol. The summed E-state index contributed by atoms with van der Waals surface area (Å²) in [5.41, 5.74) is 0.346. The summed E-state index contributed by atoms with van der Waals surface area (Å²) >= 11 is 1.72. The highest BCUT2D eigenvalue weighted by atomic mass is 32.2. The van der Waals surface area contributed by atoms with E-state index in [4.69, 9.17) is 18.9 Å². The Morgan fingerprint density at radius 2 is 2.00 bits per heavy atom. The van der Waals surface area contributed by atoms with Gasteiger partial charge in [0, 0.05) is 30.6 Å². The van der Waals surface area contributed by atoms with Gasteiger partial charge in [-0.05, 0) is 12.8 Å². The molecule has 0 aromatic carbocycles. The minimum atomic E-state index is -1.06. The van der Waals surface area contributed by atoms with Gasteiger partial charge in [0.15, 0.2) is 0 Å². The van der Waals surface area contributed by atoms with Crippen molar-refractivity contribution in [1.82, 2.24) is 0 Å². The number of halogens is 1. The van der Waals surface area contributed by atoms with Gasteiger partial charge in [0.1, 0.15) is 36.1 Å². The van der Waals surface area contributed by atoms with Crippen LogP contribution in [0.5, 0.6) is 0 Å². The standard InChI is InChI=1S/C19H23FN2O5S/c20-15-7-12(27-10-13-9-25-5-6-26-13)8-16-18(15)19(23)22-17(21-16)11-28-14-1-3-24-4-2-14/h7-8,13-14,18H,1-6,9-11H2. The molecule has 1 aliphatic carbocycles. The first kappa shape index (κ1) is 19.8. The Labute approximate surface area is 167 Å². The molecule has 4 aliphatic rings. The van der Waals surface area contributed by atoms with Gasteiger partial charge < -0.3 is 18.9 Å². The van der Waals surface area contributed by atoms with Gasteiger partial charge in [0.25, 0.3) is 5.91 Å². The number of nitrogens with zero attached hydrogens (tertiary/aromatic N) is 2. The number of thioether (sulfide) groups is 1. The molecular weight excluding hydrogens is 387 g/mol. The molecule has 0 saturated carbocycles. The predicted octanol–water partition coefficient (Wildman–Crippen LogP) is 2.08. The van der Waals surface area contributed by atoms with E-state index in [1.165, 1.54) is 6.08 Å². The lowest BCUT2D eigenvalue weighted by atomic mass is 9.94. The Morgan fingerprint density at radius 1 is 1.14 bits per heavy atom. The summed E-state index contributed by atoms with van der Waals surface area (Å²) in [7, 11) is 0. The van der Waals surface area contributed by atoms with Crippen LogP contribution in [0.15, 0.2) is 33.7 Å². The third-order valence-corrected chi connectivity index (χ3v) is 6.19. The minimum absolute atomic E-state index is 0.188. The lowest BCUT2D eigenvalue weighted by molar-refractivity contribution is -0.119. The maximum absolute atomic E-state index is 14.5. The zero-order valence-corrected chi connectivity index (χ0v) is 16.3. The van der Waals surface area contributed by atoms with E-state index in [0.717, 1.165) is 26.1 Å². The number of fused-ring (bicyclic) bond motifs is 1.